The Kier molecular flexibility index (Phi) is 15.9. The number of carbonyl (C=O) groups excluding carboxylic acids is 2. The monoisotopic (exact) mass is 761 g/mol. The maximum Gasteiger partial charge on any atom is 0.311 e. The summed E-state index contributed by atoms with van der Waals surface area (Å²) in [4.78, 5) is 30.5. The van der Waals surface area contributed by atoms with E-state index in [1.165, 1.54) is 28.3 Å². The number of nitrogens with zero attached hydrogens (tertiary/aromatic N) is 1. The predicted molar refractivity (Wildman–Crippen MR) is 196 cm³/mol. The van der Waals surface area contributed by atoms with E-state index in [2.05, 4.69) is 0 Å². The van der Waals surface area contributed by atoms with Gasteiger partial charge >= 0.3 is 5.97 Å². The molecule has 53 heavy (non-hydrogen) atoms. The number of hydrogen-bond acceptors (Lipinski definition) is 14. The molecule has 3 saturated heterocycles. The minimum atomic E-state index is -1.73. The largest absolute Gasteiger partial charge is 0.459 e. The van der Waals surface area contributed by atoms with Gasteiger partial charge in [-0.2, -0.15) is 0 Å². The molecular formula is C39H71NO13. The van der Waals surface area contributed by atoms with Gasteiger partial charge in [0, 0.05) is 51.5 Å². The van der Waals surface area contributed by atoms with Crippen molar-refractivity contribution in [1.82, 2.24) is 4.90 Å². The van der Waals surface area contributed by atoms with Crippen LogP contribution >= 0.6 is 0 Å². The first kappa shape index (κ1) is 46.1. The van der Waals surface area contributed by atoms with Crippen molar-refractivity contribution in [2.24, 2.45) is 23.7 Å². The third kappa shape index (κ3) is 9.81. The van der Waals surface area contributed by atoms with Gasteiger partial charge in [-0.3, -0.25) is 9.59 Å². The van der Waals surface area contributed by atoms with Crippen molar-refractivity contribution in [3.63, 3.8) is 0 Å². The molecule has 0 radical (unpaired) electrons. The van der Waals surface area contributed by atoms with Crippen molar-refractivity contribution in [3.8, 4) is 0 Å². The smallest absolute Gasteiger partial charge is 0.311 e. The molecule has 3 fully saturated rings. The molecule has 3 rings (SSSR count). The van der Waals surface area contributed by atoms with Crippen LogP contribution in [0.3, 0.4) is 0 Å². The fourth-order valence-electron chi connectivity index (χ4n) is 9.01. The molecule has 3 N–H and O–H groups in total. The maximum atomic E-state index is 14.3. The normalized spacial score (nSPS) is 48.3. The number of esters is 1. The zero-order chi connectivity index (χ0) is 40.4. The SMILES string of the molecule is CC[C@@H]1OC(=O)[C@H](C)[C@H](O[C@H]2C[C@](C)(OC)[C@@H](O)[C@H](C)O2)[C@@H](C)[C@H](O[C@@H]2O[C@H](C)C[C@H](N(C)C)[C@H]2O)[C@](C)(OC)C[C@H](C)C(=O)[C@H](C)[C@@H](OC)[C@@]1(C)O. The highest BCUT2D eigenvalue weighted by molar-refractivity contribution is 5.83. The first-order valence-electron chi connectivity index (χ1n) is 19.3. The van der Waals surface area contributed by atoms with Crippen LogP contribution in [0, 0.1) is 23.7 Å². The quantitative estimate of drug-likeness (QED) is 0.293. The molecule has 0 saturated carbocycles. The minimum absolute atomic E-state index is 0.144. The fraction of sp³-hybridized carbons (Fsp3) is 0.949. The highest BCUT2D eigenvalue weighted by Crippen LogP contribution is 2.42. The molecule has 3 aliphatic heterocycles. The van der Waals surface area contributed by atoms with Crippen molar-refractivity contribution in [3.05, 3.63) is 0 Å². The molecule has 0 aromatic heterocycles. The summed E-state index contributed by atoms with van der Waals surface area (Å²) in [5.41, 5.74) is -3.96. The molecule has 14 nitrogen and oxygen atoms in total. The Morgan fingerprint density at radius 1 is 0.849 bits per heavy atom. The van der Waals surface area contributed by atoms with Gasteiger partial charge in [-0.25, -0.2) is 0 Å². The number of hydrogen-bond donors (Lipinski definition) is 3. The van der Waals surface area contributed by atoms with E-state index in [1.54, 1.807) is 34.6 Å². The van der Waals surface area contributed by atoms with Crippen molar-refractivity contribution in [2.75, 3.05) is 35.4 Å². The summed E-state index contributed by atoms with van der Waals surface area (Å²) in [6, 6.07) is -0.270. The predicted octanol–water partition coefficient (Wildman–Crippen LogP) is 3.09. The van der Waals surface area contributed by atoms with E-state index in [4.69, 9.17) is 37.9 Å². The number of methoxy groups -OCH3 is 3. The molecular weight excluding hydrogens is 690 g/mol. The van der Waals surface area contributed by atoms with Gasteiger partial charge in [0.05, 0.1) is 47.6 Å². The minimum Gasteiger partial charge on any atom is -0.459 e. The van der Waals surface area contributed by atoms with E-state index >= 15 is 0 Å². The summed E-state index contributed by atoms with van der Waals surface area (Å²) in [6.07, 6.45) is -7.72. The summed E-state index contributed by atoms with van der Waals surface area (Å²) >= 11 is 0. The summed E-state index contributed by atoms with van der Waals surface area (Å²) in [5.74, 6) is -3.88. The summed E-state index contributed by atoms with van der Waals surface area (Å²) in [7, 11) is 8.26. The molecule has 0 spiro atoms. The molecule has 0 bridgehead atoms. The van der Waals surface area contributed by atoms with Crippen LogP contribution in [0.5, 0.6) is 0 Å². The topological polar surface area (TPSA) is 172 Å². The Bertz CT molecular complexity index is 1200. The fourth-order valence-corrected chi connectivity index (χ4v) is 9.01. The summed E-state index contributed by atoms with van der Waals surface area (Å²) < 4.78 is 50.0. The number of cyclic esters (lactones) is 1. The molecule has 0 aliphatic carbocycles. The molecule has 14 heteroatoms. The summed E-state index contributed by atoms with van der Waals surface area (Å²) in [5, 5.41) is 34.5. The number of ether oxygens (including phenoxy) is 8. The van der Waals surface area contributed by atoms with Gasteiger partial charge in [0.2, 0.25) is 0 Å². The zero-order valence-electron chi connectivity index (χ0n) is 34.9. The number of ketones is 1. The van der Waals surface area contributed by atoms with E-state index in [9.17, 15) is 24.9 Å². The molecule has 0 amide bonds. The first-order valence-corrected chi connectivity index (χ1v) is 19.3. The lowest BCUT2D eigenvalue weighted by molar-refractivity contribution is -0.319. The van der Waals surface area contributed by atoms with Crippen LogP contribution in [0.15, 0.2) is 0 Å². The molecule has 3 heterocycles. The first-order chi connectivity index (χ1) is 24.5. The third-order valence-electron chi connectivity index (χ3n) is 12.5. The zero-order valence-corrected chi connectivity index (χ0v) is 34.9. The second-order valence-electron chi connectivity index (χ2n) is 16.8. The van der Waals surface area contributed by atoms with E-state index < -0.39 is 102 Å². The van der Waals surface area contributed by atoms with Crippen LogP contribution in [0.4, 0.5) is 0 Å². The lowest BCUT2D eigenvalue weighted by Gasteiger charge is -2.50. The Balaban J connectivity index is 2.24. The number of likely N-dealkylation sites (N-methyl/N-ethyl adjacent to an activating group) is 1. The molecule has 3 aliphatic rings. The Morgan fingerprint density at radius 3 is 1.98 bits per heavy atom. The van der Waals surface area contributed by atoms with E-state index in [0.717, 1.165) is 0 Å². The molecule has 0 aromatic carbocycles. The average molecular weight is 762 g/mol. The molecule has 18 atom stereocenters. The standard InChI is InChI=1S/C39H71NO13/c1-16-27-39(10,45)34(46-13)22(4)29(41)20(2)18-38(9,48-15)33(53-36-30(42)26(40(11)12)17-21(3)49-36)23(5)31(24(6)35(44)51-27)52-28-19-37(8,47-14)32(43)25(7)50-28/h20-28,30-34,36,42-43,45H,16-19H2,1-15H3/t20-,21+,22-,23+,24+,25-,26-,27-,28-,30+,31+,32-,33-,34+,36-,37-,38+,39-/m0/s1. The van der Waals surface area contributed by atoms with Crippen LogP contribution in [0.2, 0.25) is 0 Å². The van der Waals surface area contributed by atoms with Crippen LogP contribution in [0.25, 0.3) is 0 Å². The molecule has 0 aromatic rings. The van der Waals surface area contributed by atoms with Gasteiger partial charge in [-0.05, 0) is 74.9 Å². The van der Waals surface area contributed by atoms with Crippen molar-refractivity contribution in [1.29, 1.82) is 0 Å². The van der Waals surface area contributed by atoms with Gasteiger partial charge in [0.1, 0.15) is 29.7 Å². The Morgan fingerprint density at radius 2 is 1.45 bits per heavy atom. The highest BCUT2D eigenvalue weighted by atomic mass is 16.7. The molecule has 0 unspecified atom stereocenters. The van der Waals surface area contributed by atoms with Gasteiger partial charge in [-0.15, -0.1) is 0 Å². The van der Waals surface area contributed by atoms with Gasteiger partial charge in [0.15, 0.2) is 12.6 Å². The van der Waals surface area contributed by atoms with Gasteiger partial charge in [0.25, 0.3) is 0 Å². The van der Waals surface area contributed by atoms with Crippen molar-refractivity contribution in [2.45, 2.75) is 179 Å². The van der Waals surface area contributed by atoms with Crippen molar-refractivity contribution >= 4 is 11.8 Å². The number of aliphatic hydroxyl groups excluding tert-OH is 2. The lowest BCUT2D eigenvalue weighted by Crippen LogP contribution is -2.61. The van der Waals surface area contributed by atoms with Crippen molar-refractivity contribution < 1.29 is 62.8 Å². The maximum absolute atomic E-state index is 14.3. The second-order valence-corrected chi connectivity index (χ2v) is 16.8. The van der Waals surface area contributed by atoms with Gasteiger partial charge < -0.3 is 58.1 Å². The van der Waals surface area contributed by atoms with Gasteiger partial charge in [-0.1, -0.05) is 27.7 Å². The molecule has 310 valence electrons. The second kappa shape index (κ2) is 18.3. The van der Waals surface area contributed by atoms with Crippen LogP contribution < -0.4 is 0 Å². The van der Waals surface area contributed by atoms with E-state index in [-0.39, 0.29) is 37.2 Å². The number of Topliss-reactive ketones (excluding diaryl/α,β-unsaturated/α-hetero) is 1. The number of rotatable bonds is 9. The lowest BCUT2D eigenvalue weighted by atomic mass is 9.73. The van der Waals surface area contributed by atoms with Crippen LogP contribution in [0.1, 0.15) is 94.9 Å². The Labute approximate surface area is 317 Å². The highest BCUT2D eigenvalue weighted by Gasteiger charge is 2.54. The number of aliphatic hydroxyl groups is 3. The number of carbonyl (C=O) groups is 2. The third-order valence-corrected chi connectivity index (χ3v) is 12.5. The Hall–Kier alpha value is -1.30. The van der Waals surface area contributed by atoms with E-state index in [0.29, 0.717) is 6.42 Å². The average Bonchev–Trinajstić information content (AvgIpc) is 3.10. The van der Waals surface area contributed by atoms with E-state index in [1.807, 2.05) is 46.7 Å². The van der Waals surface area contributed by atoms with Crippen LogP contribution in [-0.4, -0.2) is 152 Å². The summed E-state index contributed by atoms with van der Waals surface area (Å²) in [6.45, 7) is 17.7. The van der Waals surface area contributed by atoms with Crippen LogP contribution in [-0.2, 0) is 47.5 Å².